The highest BCUT2D eigenvalue weighted by atomic mass is 16.5. The molecule has 2 heteroatoms. The molecule has 0 spiro atoms. The van der Waals surface area contributed by atoms with Crippen molar-refractivity contribution in [2.75, 3.05) is 6.61 Å². The predicted molar refractivity (Wildman–Crippen MR) is 61.0 cm³/mol. The van der Waals surface area contributed by atoms with Crippen LogP contribution in [0.1, 0.15) is 13.8 Å². The highest BCUT2D eigenvalue weighted by Gasteiger charge is 1.93. The van der Waals surface area contributed by atoms with Gasteiger partial charge in [-0.2, -0.15) is 0 Å². The number of hydrogen-bond donors (Lipinski definition) is 0. The molecule has 0 saturated carbocycles. The molecular formula is C12H18O2. The van der Waals surface area contributed by atoms with E-state index in [9.17, 15) is 4.79 Å². The summed E-state index contributed by atoms with van der Waals surface area (Å²) in [6.45, 7) is 13.9. The van der Waals surface area contributed by atoms with Crippen LogP contribution in [0.4, 0.5) is 0 Å². The number of carbonyl (C=O) groups is 1. The average molecular weight is 194 g/mol. The van der Waals surface area contributed by atoms with Crippen LogP contribution in [-0.2, 0) is 9.53 Å². The van der Waals surface area contributed by atoms with E-state index in [4.69, 9.17) is 4.74 Å². The first-order valence-electron chi connectivity index (χ1n) is 4.26. The van der Waals surface area contributed by atoms with Gasteiger partial charge in [-0.25, -0.2) is 0 Å². The van der Waals surface area contributed by atoms with Crippen LogP contribution in [0.25, 0.3) is 0 Å². The van der Waals surface area contributed by atoms with Crippen molar-refractivity contribution in [3.8, 4) is 0 Å². The minimum atomic E-state index is -0.290. The van der Waals surface area contributed by atoms with E-state index in [1.165, 1.54) is 6.92 Å². The van der Waals surface area contributed by atoms with E-state index < -0.39 is 0 Å². The van der Waals surface area contributed by atoms with Gasteiger partial charge in [0.25, 0.3) is 0 Å². The fraction of sp³-hybridized carbons (Fsp3) is 0.250. The Bertz CT molecular complexity index is 224. The van der Waals surface area contributed by atoms with Crippen molar-refractivity contribution in [1.82, 2.24) is 0 Å². The number of ether oxygens (including phenoxy) is 1. The molecule has 0 N–H and O–H groups in total. The second-order valence-electron chi connectivity index (χ2n) is 2.37. The van der Waals surface area contributed by atoms with Crippen LogP contribution in [0.2, 0.25) is 0 Å². The maximum absolute atomic E-state index is 10.4. The van der Waals surface area contributed by atoms with E-state index in [0.717, 1.165) is 5.57 Å². The molecule has 0 fully saturated rings. The van der Waals surface area contributed by atoms with Crippen molar-refractivity contribution < 1.29 is 9.53 Å². The van der Waals surface area contributed by atoms with E-state index in [0.29, 0.717) is 0 Å². The molecule has 2 nitrogen and oxygen atoms in total. The predicted octanol–water partition coefficient (Wildman–Crippen LogP) is 3.04. The summed E-state index contributed by atoms with van der Waals surface area (Å²) in [5.74, 6) is -0.290. The SMILES string of the molecule is C=C/C=C(\C=C)COC(C)=O.C=CC. The van der Waals surface area contributed by atoms with Crippen molar-refractivity contribution in [3.63, 3.8) is 0 Å². The molecule has 0 aromatic carbocycles. The monoisotopic (exact) mass is 194 g/mol. The molecule has 0 amide bonds. The fourth-order valence-corrected chi connectivity index (χ4v) is 0.511. The van der Waals surface area contributed by atoms with Gasteiger partial charge in [0.05, 0.1) is 0 Å². The fourth-order valence-electron chi connectivity index (χ4n) is 0.511. The summed E-state index contributed by atoms with van der Waals surface area (Å²) >= 11 is 0. The normalized spacial score (nSPS) is 9.14. The third-order valence-corrected chi connectivity index (χ3v) is 1.04. The molecule has 0 rings (SSSR count). The lowest BCUT2D eigenvalue weighted by molar-refractivity contribution is -0.139. The summed E-state index contributed by atoms with van der Waals surface area (Å²) in [5.41, 5.74) is 0.843. The highest BCUT2D eigenvalue weighted by molar-refractivity contribution is 5.66. The minimum Gasteiger partial charge on any atom is -0.461 e. The largest absolute Gasteiger partial charge is 0.461 e. The molecule has 0 saturated heterocycles. The van der Waals surface area contributed by atoms with Gasteiger partial charge in [0.15, 0.2) is 0 Å². The van der Waals surface area contributed by atoms with Crippen LogP contribution < -0.4 is 0 Å². The van der Waals surface area contributed by atoms with Crippen LogP contribution >= 0.6 is 0 Å². The standard InChI is InChI=1S/C9H12O2.C3H6/c1-4-6-9(5-2)7-11-8(3)10;1-3-2/h4-6H,1-2,7H2,3H3;3H,1H2,2H3/b9-6+;. The zero-order valence-corrected chi connectivity index (χ0v) is 8.95. The Hall–Kier alpha value is -1.57. The molecular weight excluding hydrogens is 176 g/mol. The lowest BCUT2D eigenvalue weighted by Crippen LogP contribution is -2.01. The smallest absolute Gasteiger partial charge is 0.302 e. The van der Waals surface area contributed by atoms with Gasteiger partial charge in [0.1, 0.15) is 6.61 Å². The first-order valence-corrected chi connectivity index (χ1v) is 4.26. The third-order valence-electron chi connectivity index (χ3n) is 1.04. The summed E-state index contributed by atoms with van der Waals surface area (Å²) in [7, 11) is 0. The Morgan fingerprint density at radius 1 is 1.36 bits per heavy atom. The average Bonchev–Trinajstić information content (AvgIpc) is 2.13. The van der Waals surface area contributed by atoms with Crippen molar-refractivity contribution in [3.05, 3.63) is 49.6 Å². The summed E-state index contributed by atoms with van der Waals surface area (Å²) in [6.07, 6.45) is 6.75. The Kier molecular flexibility index (Phi) is 12.2. The van der Waals surface area contributed by atoms with Gasteiger partial charge in [-0.1, -0.05) is 37.5 Å². The molecule has 0 aliphatic heterocycles. The van der Waals surface area contributed by atoms with Gasteiger partial charge in [-0.05, 0) is 12.5 Å². The van der Waals surface area contributed by atoms with Gasteiger partial charge in [-0.15, -0.1) is 6.58 Å². The topological polar surface area (TPSA) is 26.3 Å². The van der Waals surface area contributed by atoms with Crippen LogP contribution in [0.5, 0.6) is 0 Å². The molecule has 0 aromatic heterocycles. The van der Waals surface area contributed by atoms with Gasteiger partial charge in [0, 0.05) is 6.92 Å². The van der Waals surface area contributed by atoms with Crippen molar-refractivity contribution in [2.45, 2.75) is 13.8 Å². The van der Waals surface area contributed by atoms with E-state index in [2.05, 4.69) is 19.7 Å². The molecule has 0 radical (unpaired) electrons. The molecule has 0 aliphatic rings. The van der Waals surface area contributed by atoms with E-state index in [-0.39, 0.29) is 12.6 Å². The number of carbonyl (C=O) groups excluding carboxylic acids is 1. The van der Waals surface area contributed by atoms with Gasteiger partial charge in [-0.3, -0.25) is 4.79 Å². The van der Waals surface area contributed by atoms with E-state index in [1.54, 1.807) is 24.3 Å². The van der Waals surface area contributed by atoms with Gasteiger partial charge >= 0.3 is 5.97 Å². The van der Waals surface area contributed by atoms with Crippen LogP contribution in [0.3, 0.4) is 0 Å². The molecule has 0 atom stereocenters. The van der Waals surface area contributed by atoms with E-state index >= 15 is 0 Å². The molecule has 0 aromatic rings. The van der Waals surface area contributed by atoms with E-state index in [1.807, 2.05) is 6.92 Å². The second-order valence-corrected chi connectivity index (χ2v) is 2.37. The van der Waals surface area contributed by atoms with Crippen LogP contribution in [-0.4, -0.2) is 12.6 Å². The lowest BCUT2D eigenvalue weighted by atomic mass is 10.2. The Labute approximate surface area is 86.3 Å². The second kappa shape index (κ2) is 11.4. The van der Waals surface area contributed by atoms with Crippen molar-refractivity contribution in [2.24, 2.45) is 0 Å². The molecule has 78 valence electrons. The molecule has 0 bridgehead atoms. The van der Waals surface area contributed by atoms with Crippen LogP contribution in [0.15, 0.2) is 49.6 Å². The number of hydrogen-bond acceptors (Lipinski definition) is 2. The first kappa shape index (κ1) is 14.9. The Morgan fingerprint density at radius 2 is 1.86 bits per heavy atom. The van der Waals surface area contributed by atoms with Crippen LogP contribution in [0, 0.1) is 0 Å². The first-order chi connectivity index (χ1) is 6.62. The van der Waals surface area contributed by atoms with Crippen molar-refractivity contribution in [1.29, 1.82) is 0 Å². The highest BCUT2D eigenvalue weighted by Crippen LogP contribution is 1.96. The number of allylic oxidation sites excluding steroid dienone is 3. The maximum Gasteiger partial charge on any atom is 0.302 e. The minimum absolute atomic E-state index is 0.269. The van der Waals surface area contributed by atoms with Gasteiger partial charge in [0.2, 0.25) is 0 Å². The van der Waals surface area contributed by atoms with Crippen molar-refractivity contribution >= 4 is 5.97 Å². The Morgan fingerprint density at radius 3 is 2.14 bits per heavy atom. The quantitative estimate of drug-likeness (QED) is 0.390. The molecule has 0 aliphatic carbocycles. The summed E-state index contributed by atoms with van der Waals surface area (Å²) in [6, 6.07) is 0. The Balaban J connectivity index is 0. The zero-order chi connectivity index (χ0) is 11.4. The van der Waals surface area contributed by atoms with Gasteiger partial charge < -0.3 is 4.74 Å². The third kappa shape index (κ3) is 13.1. The zero-order valence-electron chi connectivity index (χ0n) is 8.95. The maximum atomic E-state index is 10.4. The summed E-state index contributed by atoms with van der Waals surface area (Å²) in [4.78, 5) is 10.4. The number of rotatable bonds is 4. The molecule has 0 unspecified atom stereocenters. The summed E-state index contributed by atoms with van der Waals surface area (Å²) in [5, 5.41) is 0. The lowest BCUT2D eigenvalue weighted by Gasteiger charge is -2.00. The number of esters is 1. The molecule has 0 heterocycles. The summed E-state index contributed by atoms with van der Waals surface area (Å²) < 4.78 is 4.72. The molecule has 14 heavy (non-hydrogen) atoms.